The van der Waals surface area contributed by atoms with Crippen LogP contribution in [-0.4, -0.2) is 63.6 Å². The molecule has 1 aliphatic rings. The molecule has 1 saturated heterocycles. The third-order valence-corrected chi connectivity index (χ3v) is 6.10. The number of nitro benzene ring substituents is 1. The number of hydrogen-bond acceptors (Lipinski definition) is 9. The van der Waals surface area contributed by atoms with Crippen LogP contribution < -0.4 is 15.8 Å². The lowest BCUT2D eigenvalue weighted by atomic mass is 10.2. The van der Waals surface area contributed by atoms with E-state index in [0.29, 0.717) is 37.4 Å². The van der Waals surface area contributed by atoms with Gasteiger partial charge in [-0.1, -0.05) is 35.5 Å². The van der Waals surface area contributed by atoms with Gasteiger partial charge in [0, 0.05) is 30.8 Å². The molecule has 2 heterocycles. The van der Waals surface area contributed by atoms with Crippen molar-refractivity contribution in [3.63, 3.8) is 0 Å². The van der Waals surface area contributed by atoms with E-state index in [2.05, 4.69) is 25.9 Å². The highest BCUT2D eigenvalue weighted by molar-refractivity contribution is 7.99. The van der Waals surface area contributed by atoms with Crippen LogP contribution >= 0.6 is 11.8 Å². The van der Waals surface area contributed by atoms with E-state index in [4.69, 9.17) is 4.74 Å². The highest BCUT2D eigenvalue weighted by Gasteiger charge is 2.22. The van der Waals surface area contributed by atoms with Crippen LogP contribution in [0.5, 0.6) is 0 Å². The highest BCUT2D eigenvalue weighted by Crippen LogP contribution is 2.27. The molecule has 0 radical (unpaired) electrons. The van der Waals surface area contributed by atoms with Crippen LogP contribution in [0.4, 0.5) is 11.6 Å². The molecule has 1 aromatic heterocycles. The number of carbonyl (C=O) groups is 2. The Morgan fingerprint density at radius 3 is 2.57 bits per heavy atom. The van der Waals surface area contributed by atoms with Crippen LogP contribution in [0, 0.1) is 17.0 Å². The van der Waals surface area contributed by atoms with Gasteiger partial charge in [0.15, 0.2) is 5.16 Å². The number of nitrogens with one attached hydrogen (secondary N) is 2. The molecule has 0 bridgehead atoms. The zero-order chi connectivity index (χ0) is 24.8. The lowest BCUT2D eigenvalue weighted by molar-refractivity contribution is -0.384. The zero-order valence-electron chi connectivity index (χ0n) is 18.8. The predicted molar refractivity (Wildman–Crippen MR) is 129 cm³/mol. The van der Waals surface area contributed by atoms with Gasteiger partial charge < -0.3 is 9.64 Å². The first-order valence-corrected chi connectivity index (χ1v) is 11.7. The molecule has 12 nitrogen and oxygen atoms in total. The first kappa shape index (κ1) is 24.2. The van der Waals surface area contributed by atoms with Crippen LogP contribution in [0.3, 0.4) is 0 Å². The Hall–Kier alpha value is -3.97. The summed E-state index contributed by atoms with van der Waals surface area (Å²) in [4.78, 5) is 37.0. The van der Waals surface area contributed by atoms with Gasteiger partial charge >= 0.3 is 0 Å². The van der Waals surface area contributed by atoms with Crippen molar-refractivity contribution in [2.24, 2.45) is 0 Å². The topological polar surface area (TPSA) is 145 Å². The number of amides is 2. The first-order chi connectivity index (χ1) is 16.9. The van der Waals surface area contributed by atoms with E-state index < -0.39 is 16.7 Å². The van der Waals surface area contributed by atoms with Crippen LogP contribution in [-0.2, 0) is 9.53 Å². The van der Waals surface area contributed by atoms with Gasteiger partial charge in [-0.05, 0) is 25.1 Å². The van der Waals surface area contributed by atoms with E-state index in [1.807, 2.05) is 35.8 Å². The number of nitrogens with zero attached hydrogens (tertiary/aromatic N) is 5. The van der Waals surface area contributed by atoms with Gasteiger partial charge in [-0.3, -0.25) is 35.1 Å². The van der Waals surface area contributed by atoms with Gasteiger partial charge in [-0.15, -0.1) is 10.2 Å². The van der Waals surface area contributed by atoms with E-state index in [1.54, 1.807) is 0 Å². The first-order valence-electron chi connectivity index (χ1n) is 10.7. The lowest BCUT2D eigenvalue weighted by Gasteiger charge is -2.27. The molecule has 35 heavy (non-hydrogen) atoms. The second kappa shape index (κ2) is 11.0. The van der Waals surface area contributed by atoms with Crippen molar-refractivity contribution < 1.29 is 19.2 Å². The van der Waals surface area contributed by atoms with Gasteiger partial charge in [0.05, 0.1) is 29.6 Å². The number of aromatic nitrogens is 3. The summed E-state index contributed by atoms with van der Waals surface area (Å²) in [6, 6.07) is 13.1. The summed E-state index contributed by atoms with van der Waals surface area (Å²) in [7, 11) is 0. The molecule has 2 amide bonds. The second-order valence-electron chi connectivity index (χ2n) is 7.65. The number of hydrazine groups is 1. The molecule has 0 saturated carbocycles. The smallest absolute Gasteiger partial charge is 0.270 e. The number of carbonyl (C=O) groups excluding carboxylic acids is 2. The maximum atomic E-state index is 12.4. The summed E-state index contributed by atoms with van der Waals surface area (Å²) < 4.78 is 7.33. The third-order valence-electron chi connectivity index (χ3n) is 5.17. The van der Waals surface area contributed by atoms with Gasteiger partial charge in [0.2, 0.25) is 11.9 Å². The van der Waals surface area contributed by atoms with Gasteiger partial charge in [-0.25, -0.2) is 0 Å². The molecular weight excluding hydrogens is 474 g/mol. The van der Waals surface area contributed by atoms with Crippen molar-refractivity contribution in [3.8, 4) is 5.69 Å². The van der Waals surface area contributed by atoms with E-state index in [-0.39, 0.29) is 17.0 Å². The average Bonchev–Trinajstić information content (AvgIpc) is 3.31. The molecule has 0 atom stereocenters. The number of nitro groups is 1. The summed E-state index contributed by atoms with van der Waals surface area (Å²) in [5, 5.41) is 20.1. The molecule has 4 rings (SSSR count). The molecule has 1 fully saturated rings. The SMILES string of the molecule is Cc1ccc(-n2c(SCC(=O)NNC(=O)c3cccc([N+](=O)[O-])c3)nnc2N2CCOCC2)cc1. The van der Waals surface area contributed by atoms with Gasteiger partial charge in [0.1, 0.15) is 0 Å². The monoisotopic (exact) mass is 497 g/mol. The van der Waals surface area contributed by atoms with Gasteiger partial charge in [0.25, 0.3) is 11.6 Å². The van der Waals surface area contributed by atoms with Crippen molar-refractivity contribution in [2.45, 2.75) is 12.1 Å². The Morgan fingerprint density at radius 2 is 1.86 bits per heavy atom. The summed E-state index contributed by atoms with van der Waals surface area (Å²) in [6.07, 6.45) is 0. The molecule has 0 unspecified atom stereocenters. The number of thioether (sulfide) groups is 1. The van der Waals surface area contributed by atoms with Gasteiger partial charge in [-0.2, -0.15) is 0 Å². The Kier molecular flexibility index (Phi) is 7.57. The van der Waals surface area contributed by atoms with Crippen LogP contribution in [0.2, 0.25) is 0 Å². The molecule has 1 aliphatic heterocycles. The van der Waals surface area contributed by atoms with E-state index in [9.17, 15) is 19.7 Å². The number of benzene rings is 2. The maximum absolute atomic E-state index is 12.4. The highest BCUT2D eigenvalue weighted by atomic mass is 32.2. The normalized spacial score (nSPS) is 13.3. The van der Waals surface area contributed by atoms with Crippen LogP contribution in [0.1, 0.15) is 15.9 Å². The van der Waals surface area contributed by atoms with E-state index >= 15 is 0 Å². The summed E-state index contributed by atoms with van der Waals surface area (Å²) in [5.41, 5.74) is 6.41. The number of non-ortho nitro benzene ring substituents is 1. The minimum atomic E-state index is -0.663. The third kappa shape index (κ3) is 5.94. The Balaban J connectivity index is 1.42. The number of morpholine rings is 1. The van der Waals surface area contributed by atoms with Crippen LogP contribution in [0.15, 0.2) is 53.7 Å². The fourth-order valence-electron chi connectivity index (χ4n) is 3.37. The average molecular weight is 498 g/mol. The van der Waals surface area contributed by atoms with Crippen LogP contribution in [0.25, 0.3) is 5.69 Å². The molecule has 0 aliphatic carbocycles. The van der Waals surface area contributed by atoms with Crippen molar-refractivity contribution >= 4 is 35.2 Å². The number of hydrogen-bond donors (Lipinski definition) is 2. The molecule has 13 heteroatoms. The number of aryl methyl sites for hydroxylation is 1. The van der Waals surface area contributed by atoms with Crippen molar-refractivity contribution in [1.29, 1.82) is 0 Å². The molecule has 2 N–H and O–H groups in total. The molecule has 2 aromatic carbocycles. The molecule has 182 valence electrons. The van der Waals surface area contributed by atoms with Crippen molar-refractivity contribution in [2.75, 3.05) is 37.0 Å². The largest absolute Gasteiger partial charge is 0.378 e. The Labute approximate surface area is 204 Å². The quantitative estimate of drug-likeness (QED) is 0.284. The summed E-state index contributed by atoms with van der Waals surface area (Å²) in [5.74, 6) is -0.508. The Bertz CT molecular complexity index is 1230. The van der Waals surface area contributed by atoms with E-state index in [1.165, 1.54) is 30.0 Å². The summed E-state index contributed by atoms with van der Waals surface area (Å²) >= 11 is 1.17. The maximum Gasteiger partial charge on any atom is 0.270 e. The second-order valence-corrected chi connectivity index (χ2v) is 8.59. The summed E-state index contributed by atoms with van der Waals surface area (Å²) in [6.45, 7) is 4.55. The fraction of sp³-hybridized carbons (Fsp3) is 0.273. The fourth-order valence-corrected chi connectivity index (χ4v) is 4.12. The van der Waals surface area contributed by atoms with E-state index in [0.717, 1.165) is 17.3 Å². The zero-order valence-corrected chi connectivity index (χ0v) is 19.7. The molecular formula is C22H23N7O5S. The lowest BCUT2D eigenvalue weighted by Crippen LogP contribution is -2.42. The van der Waals surface area contributed by atoms with Crippen molar-refractivity contribution in [1.82, 2.24) is 25.6 Å². The predicted octanol–water partition coefficient (Wildman–Crippen LogP) is 1.87. The molecule has 3 aromatic rings. The Morgan fingerprint density at radius 1 is 1.11 bits per heavy atom. The number of ether oxygens (including phenoxy) is 1. The standard InChI is InChI=1S/C22H23N7O5S/c1-15-5-7-17(8-6-15)28-21(27-9-11-34-12-10-27)25-26-22(28)35-14-19(30)23-24-20(31)16-3-2-4-18(13-16)29(32)33/h2-8,13H,9-12,14H2,1H3,(H,23,30)(H,24,31). The van der Waals surface area contributed by atoms with Crippen molar-refractivity contribution in [3.05, 3.63) is 69.8 Å². The number of anilines is 1. The molecule has 0 spiro atoms. The number of rotatable bonds is 7. The minimum Gasteiger partial charge on any atom is -0.378 e. The minimum absolute atomic E-state index is 0.0394.